The average Bonchev–Trinajstić information content (AvgIpc) is 2.74. The van der Waals surface area contributed by atoms with Crippen LogP contribution in [0.4, 0.5) is 0 Å². The van der Waals surface area contributed by atoms with Crippen LogP contribution in [0.2, 0.25) is 0 Å². The lowest BCUT2D eigenvalue weighted by atomic mass is 10.2. The first-order chi connectivity index (χ1) is 5.29. The Kier molecular flexibility index (Phi) is 1.60. The summed E-state index contributed by atoms with van der Waals surface area (Å²) in [4.78, 5) is 13.2. The Bertz CT molecular complexity index is 177. The van der Waals surface area contributed by atoms with Crippen molar-refractivity contribution in [1.82, 2.24) is 10.2 Å². The fraction of sp³-hybridized carbons (Fsp3) is 0.875. The first kappa shape index (κ1) is 7.10. The third kappa shape index (κ3) is 1.25. The maximum atomic E-state index is 11.2. The summed E-state index contributed by atoms with van der Waals surface area (Å²) in [7, 11) is 0. The molecular weight excluding hydrogens is 140 g/mol. The molecule has 2 fully saturated rings. The predicted molar refractivity (Wildman–Crippen MR) is 41.9 cm³/mol. The monoisotopic (exact) mass is 154 g/mol. The zero-order chi connectivity index (χ0) is 7.84. The topological polar surface area (TPSA) is 32.3 Å². The Labute approximate surface area is 66.8 Å². The Hall–Kier alpha value is -0.570. The summed E-state index contributed by atoms with van der Waals surface area (Å²) >= 11 is 0. The average molecular weight is 154 g/mol. The van der Waals surface area contributed by atoms with E-state index in [1.165, 1.54) is 12.8 Å². The van der Waals surface area contributed by atoms with Crippen molar-refractivity contribution in [2.45, 2.75) is 25.8 Å². The normalized spacial score (nSPS) is 27.7. The first-order valence-electron chi connectivity index (χ1n) is 4.29. The highest BCUT2D eigenvalue weighted by Crippen LogP contribution is 2.35. The Morgan fingerprint density at radius 3 is 2.82 bits per heavy atom. The molecule has 1 aliphatic carbocycles. The van der Waals surface area contributed by atoms with Gasteiger partial charge in [-0.1, -0.05) is 0 Å². The van der Waals surface area contributed by atoms with Crippen molar-refractivity contribution in [3.05, 3.63) is 0 Å². The fourth-order valence-corrected chi connectivity index (χ4v) is 1.68. The molecule has 0 spiro atoms. The lowest BCUT2D eigenvalue weighted by Crippen LogP contribution is -2.36. The molecule has 3 nitrogen and oxygen atoms in total. The highest BCUT2D eigenvalue weighted by atomic mass is 16.2. The van der Waals surface area contributed by atoms with Crippen molar-refractivity contribution in [1.29, 1.82) is 0 Å². The summed E-state index contributed by atoms with van der Waals surface area (Å²) in [5.41, 5.74) is 0. The minimum atomic E-state index is 0.268. The number of hydrogen-bond acceptors (Lipinski definition) is 2. The minimum Gasteiger partial charge on any atom is -0.326 e. The Morgan fingerprint density at radius 2 is 2.36 bits per heavy atom. The molecular formula is C8H14N2O. The van der Waals surface area contributed by atoms with Crippen molar-refractivity contribution < 1.29 is 4.79 Å². The van der Waals surface area contributed by atoms with Gasteiger partial charge in [-0.3, -0.25) is 10.1 Å². The van der Waals surface area contributed by atoms with Gasteiger partial charge in [0, 0.05) is 6.04 Å². The molecule has 3 heteroatoms. The quantitative estimate of drug-likeness (QED) is 0.615. The van der Waals surface area contributed by atoms with E-state index in [4.69, 9.17) is 0 Å². The first-order valence-corrected chi connectivity index (χ1v) is 4.29. The smallest absolute Gasteiger partial charge is 0.237 e. The number of carbonyl (C=O) groups excluding carboxylic acids is 1. The summed E-state index contributed by atoms with van der Waals surface area (Å²) < 4.78 is 0. The maximum Gasteiger partial charge on any atom is 0.237 e. The molecule has 1 N–H and O–H groups in total. The summed E-state index contributed by atoms with van der Waals surface area (Å²) in [5.74, 6) is 1.06. The van der Waals surface area contributed by atoms with Gasteiger partial charge in [0.1, 0.15) is 0 Å². The number of hydrogen-bond donors (Lipinski definition) is 1. The van der Waals surface area contributed by atoms with Crippen LogP contribution in [-0.2, 0) is 4.79 Å². The molecule has 0 radical (unpaired) electrons. The summed E-state index contributed by atoms with van der Waals surface area (Å²) in [6, 6.07) is 0.470. The van der Waals surface area contributed by atoms with Crippen LogP contribution in [-0.4, -0.2) is 30.1 Å². The fourth-order valence-electron chi connectivity index (χ4n) is 1.68. The molecule has 1 aliphatic heterocycles. The Balaban J connectivity index is 1.96. The zero-order valence-corrected chi connectivity index (χ0v) is 6.84. The second-order valence-corrected chi connectivity index (χ2v) is 3.53. The molecule has 1 unspecified atom stereocenters. The van der Waals surface area contributed by atoms with E-state index in [0.717, 1.165) is 12.6 Å². The third-order valence-corrected chi connectivity index (χ3v) is 2.67. The van der Waals surface area contributed by atoms with Crippen molar-refractivity contribution in [2.75, 3.05) is 13.2 Å². The lowest BCUT2D eigenvalue weighted by molar-refractivity contribution is -0.128. The van der Waals surface area contributed by atoms with Gasteiger partial charge in [-0.25, -0.2) is 0 Å². The molecule has 0 aromatic rings. The summed E-state index contributed by atoms with van der Waals surface area (Å²) in [6.45, 7) is 3.45. The maximum absolute atomic E-state index is 11.2. The van der Waals surface area contributed by atoms with Gasteiger partial charge in [0.25, 0.3) is 0 Å². The zero-order valence-electron chi connectivity index (χ0n) is 6.84. The highest BCUT2D eigenvalue weighted by molar-refractivity contribution is 5.80. The van der Waals surface area contributed by atoms with Crippen molar-refractivity contribution in [2.24, 2.45) is 5.92 Å². The van der Waals surface area contributed by atoms with Crippen LogP contribution in [0, 0.1) is 5.92 Å². The van der Waals surface area contributed by atoms with Crippen LogP contribution in [0.15, 0.2) is 0 Å². The van der Waals surface area contributed by atoms with Gasteiger partial charge in [0.15, 0.2) is 0 Å². The van der Waals surface area contributed by atoms with E-state index in [-0.39, 0.29) is 5.91 Å². The van der Waals surface area contributed by atoms with E-state index < -0.39 is 0 Å². The molecule has 11 heavy (non-hydrogen) atoms. The van der Waals surface area contributed by atoms with Gasteiger partial charge < -0.3 is 4.90 Å². The molecule has 1 amide bonds. The molecule has 1 saturated heterocycles. The minimum absolute atomic E-state index is 0.268. The summed E-state index contributed by atoms with van der Waals surface area (Å²) in [5, 5.41) is 3.06. The molecule has 2 rings (SSSR count). The molecule has 2 aliphatic rings. The van der Waals surface area contributed by atoms with E-state index in [2.05, 4.69) is 12.2 Å². The number of amides is 1. The van der Waals surface area contributed by atoms with Crippen LogP contribution in [0.1, 0.15) is 19.8 Å². The van der Waals surface area contributed by atoms with Crippen LogP contribution in [0.3, 0.4) is 0 Å². The predicted octanol–water partition coefficient (Wildman–Crippen LogP) is 0.174. The van der Waals surface area contributed by atoms with Crippen molar-refractivity contribution in [3.63, 3.8) is 0 Å². The summed E-state index contributed by atoms with van der Waals surface area (Å²) in [6.07, 6.45) is 2.62. The molecule has 0 aromatic carbocycles. The van der Waals surface area contributed by atoms with Crippen LogP contribution < -0.4 is 5.32 Å². The largest absolute Gasteiger partial charge is 0.326 e. The molecule has 1 saturated carbocycles. The van der Waals surface area contributed by atoms with Crippen molar-refractivity contribution >= 4 is 5.91 Å². The second-order valence-electron chi connectivity index (χ2n) is 3.53. The Morgan fingerprint density at radius 1 is 1.64 bits per heavy atom. The number of nitrogens with one attached hydrogen (secondary N) is 1. The molecule has 0 aromatic heterocycles. The number of carbonyl (C=O) groups is 1. The SMILES string of the molecule is CC(C1CC1)N1CNCC1=O. The standard InChI is InChI=1S/C8H14N2O/c1-6(7-2-3-7)10-5-9-4-8(10)11/h6-7,9H,2-5H2,1H3. The third-order valence-electron chi connectivity index (χ3n) is 2.67. The molecule has 1 atom stereocenters. The van der Waals surface area contributed by atoms with Gasteiger partial charge >= 0.3 is 0 Å². The molecule has 62 valence electrons. The van der Waals surface area contributed by atoms with Gasteiger partial charge in [0.05, 0.1) is 13.2 Å². The highest BCUT2D eigenvalue weighted by Gasteiger charge is 2.35. The van der Waals surface area contributed by atoms with Gasteiger partial charge in [0.2, 0.25) is 5.91 Å². The van der Waals surface area contributed by atoms with Gasteiger partial charge in [-0.05, 0) is 25.7 Å². The number of nitrogens with zero attached hydrogens (tertiary/aromatic N) is 1. The lowest BCUT2D eigenvalue weighted by Gasteiger charge is -2.22. The van der Waals surface area contributed by atoms with E-state index in [9.17, 15) is 4.79 Å². The van der Waals surface area contributed by atoms with E-state index in [1.54, 1.807) is 0 Å². The van der Waals surface area contributed by atoms with Gasteiger partial charge in [-0.2, -0.15) is 0 Å². The molecule has 1 heterocycles. The van der Waals surface area contributed by atoms with Gasteiger partial charge in [-0.15, -0.1) is 0 Å². The van der Waals surface area contributed by atoms with Crippen LogP contribution in [0.5, 0.6) is 0 Å². The number of rotatable bonds is 2. The van der Waals surface area contributed by atoms with Crippen LogP contribution >= 0.6 is 0 Å². The van der Waals surface area contributed by atoms with E-state index in [1.807, 2.05) is 4.90 Å². The van der Waals surface area contributed by atoms with Crippen molar-refractivity contribution in [3.8, 4) is 0 Å². The van der Waals surface area contributed by atoms with E-state index in [0.29, 0.717) is 12.6 Å². The van der Waals surface area contributed by atoms with E-state index >= 15 is 0 Å². The molecule has 0 bridgehead atoms. The second kappa shape index (κ2) is 2.48. The van der Waals surface area contributed by atoms with Crippen LogP contribution in [0.25, 0.3) is 0 Å².